The van der Waals surface area contributed by atoms with Gasteiger partial charge in [0, 0.05) is 37.0 Å². The molecule has 0 bridgehead atoms. The second kappa shape index (κ2) is 9.09. The summed E-state index contributed by atoms with van der Waals surface area (Å²) in [6.07, 6.45) is 1.47. The molecular weight excluding hydrogens is 340 g/mol. The number of carbonyl (C=O) groups is 2. The molecule has 1 saturated heterocycles. The van der Waals surface area contributed by atoms with Gasteiger partial charge in [0.05, 0.1) is 6.54 Å². The molecule has 0 aliphatic carbocycles. The molecule has 0 saturated carbocycles. The van der Waals surface area contributed by atoms with Crippen molar-refractivity contribution >= 4 is 23.4 Å². The van der Waals surface area contributed by atoms with Crippen LogP contribution in [0.2, 0.25) is 5.02 Å². The van der Waals surface area contributed by atoms with Crippen LogP contribution in [0, 0.1) is 11.8 Å². The third-order valence-electron chi connectivity index (χ3n) is 4.52. The minimum atomic E-state index is -0.00705. The number of piperidine rings is 1. The summed E-state index contributed by atoms with van der Waals surface area (Å²) in [5, 5.41) is 0.629. The van der Waals surface area contributed by atoms with E-state index in [9.17, 15) is 9.59 Å². The Morgan fingerprint density at radius 1 is 1.32 bits per heavy atom. The summed E-state index contributed by atoms with van der Waals surface area (Å²) in [6, 6.07) is 7.22. The molecule has 0 spiro atoms. The van der Waals surface area contributed by atoms with Gasteiger partial charge in [0.1, 0.15) is 12.4 Å². The molecule has 6 heteroatoms. The molecule has 0 unspecified atom stereocenters. The Hall–Kier alpha value is -1.75. The molecular formula is C19H27ClN2O3. The van der Waals surface area contributed by atoms with Crippen molar-refractivity contribution in [2.24, 2.45) is 11.8 Å². The third kappa shape index (κ3) is 5.63. The van der Waals surface area contributed by atoms with Crippen LogP contribution in [-0.2, 0) is 9.59 Å². The number of hydrogen-bond acceptors (Lipinski definition) is 3. The van der Waals surface area contributed by atoms with Gasteiger partial charge in [-0.3, -0.25) is 9.59 Å². The van der Waals surface area contributed by atoms with Gasteiger partial charge < -0.3 is 14.5 Å². The summed E-state index contributed by atoms with van der Waals surface area (Å²) in [5.74, 6) is 1.01. The third-order valence-corrected chi connectivity index (χ3v) is 4.75. The van der Waals surface area contributed by atoms with Gasteiger partial charge in [0.15, 0.2) is 0 Å². The first-order valence-corrected chi connectivity index (χ1v) is 9.18. The summed E-state index contributed by atoms with van der Waals surface area (Å²) in [5.41, 5.74) is 0. The van der Waals surface area contributed by atoms with E-state index < -0.39 is 0 Å². The van der Waals surface area contributed by atoms with Gasteiger partial charge in [-0.15, -0.1) is 0 Å². The van der Waals surface area contributed by atoms with E-state index in [0.29, 0.717) is 37.0 Å². The number of likely N-dealkylation sites (tertiary alicyclic amines) is 1. The molecule has 2 amide bonds. The summed E-state index contributed by atoms with van der Waals surface area (Å²) in [6.45, 7) is 6.10. The molecule has 5 nitrogen and oxygen atoms in total. The van der Waals surface area contributed by atoms with Gasteiger partial charge in [0.2, 0.25) is 11.8 Å². The van der Waals surface area contributed by atoms with Crippen LogP contribution in [0.5, 0.6) is 5.75 Å². The largest absolute Gasteiger partial charge is 0.492 e. The Balaban J connectivity index is 1.74. The zero-order valence-electron chi connectivity index (χ0n) is 15.2. The molecule has 1 aliphatic rings. The van der Waals surface area contributed by atoms with Crippen molar-refractivity contribution in [2.45, 2.75) is 26.7 Å². The van der Waals surface area contributed by atoms with Crippen LogP contribution in [0.3, 0.4) is 0 Å². The second-order valence-electron chi connectivity index (χ2n) is 6.82. The number of ether oxygens (including phenoxy) is 1. The van der Waals surface area contributed by atoms with E-state index in [0.717, 1.165) is 12.8 Å². The molecule has 1 heterocycles. The zero-order valence-corrected chi connectivity index (χ0v) is 16.0. The SMILES string of the molecule is CC(C)C(=O)N1CCC(C(=O)N(C)CCOc2cccc(Cl)c2)CC1. The Labute approximate surface area is 154 Å². The van der Waals surface area contributed by atoms with E-state index in [1.54, 1.807) is 24.1 Å². The molecule has 0 aromatic heterocycles. The number of nitrogens with zero attached hydrogens (tertiary/aromatic N) is 2. The molecule has 1 aromatic carbocycles. The van der Waals surface area contributed by atoms with Crippen LogP contribution in [0.25, 0.3) is 0 Å². The quantitative estimate of drug-likeness (QED) is 0.777. The van der Waals surface area contributed by atoms with Crippen molar-refractivity contribution < 1.29 is 14.3 Å². The number of amides is 2. The highest BCUT2D eigenvalue weighted by Gasteiger charge is 2.29. The number of rotatable bonds is 6. The molecule has 1 aromatic rings. The van der Waals surface area contributed by atoms with Crippen LogP contribution in [0.1, 0.15) is 26.7 Å². The van der Waals surface area contributed by atoms with Crippen molar-refractivity contribution in [3.8, 4) is 5.75 Å². The van der Waals surface area contributed by atoms with Crippen LogP contribution >= 0.6 is 11.6 Å². The molecule has 1 aliphatic heterocycles. The highest BCUT2D eigenvalue weighted by atomic mass is 35.5. The predicted molar refractivity (Wildman–Crippen MR) is 98.7 cm³/mol. The van der Waals surface area contributed by atoms with Gasteiger partial charge in [-0.05, 0) is 31.0 Å². The smallest absolute Gasteiger partial charge is 0.225 e. The molecule has 1 fully saturated rings. The maximum Gasteiger partial charge on any atom is 0.225 e. The van der Waals surface area contributed by atoms with Crippen molar-refractivity contribution in [3.63, 3.8) is 0 Å². The standard InChI is InChI=1S/C19H27ClN2O3/c1-14(2)18(23)22-9-7-15(8-10-22)19(24)21(3)11-12-25-17-6-4-5-16(20)13-17/h4-6,13-15H,7-12H2,1-3H3. The fraction of sp³-hybridized carbons (Fsp3) is 0.579. The van der Waals surface area contributed by atoms with E-state index in [2.05, 4.69) is 0 Å². The topological polar surface area (TPSA) is 49.9 Å². The fourth-order valence-corrected chi connectivity index (χ4v) is 3.17. The van der Waals surface area contributed by atoms with Crippen molar-refractivity contribution in [3.05, 3.63) is 29.3 Å². The van der Waals surface area contributed by atoms with Crippen molar-refractivity contribution in [1.29, 1.82) is 0 Å². The number of benzene rings is 1. The van der Waals surface area contributed by atoms with Crippen molar-refractivity contribution in [1.82, 2.24) is 9.80 Å². The Morgan fingerprint density at radius 3 is 2.60 bits per heavy atom. The lowest BCUT2D eigenvalue weighted by molar-refractivity contribution is -0.141. The number of halogens is 1. The minimum Gasteiger partial charge on any atom is -0.492 e. The normalized spacial score (nSPS) is 15.3. The highest BCUT2D eigenvalue weighted by Crippen LogP contribution is 2.21. The Morgan fingerprint density at radius 2 is 2.00 bits per heavy atom. The van der Waals surface area contributed by atoms with Crippen LogP contribution in [-0.4, -0.2) is 54.9 Å². The molecule has 138 valence electrons. The van der Waals surface area contributed by atoms with E-state index in [4.69, 9.17) is 16.3 Å². The summed E-state index contributed by atoms with van der Waals surface area (Å²) in [4.78, 5) is 28.2. The first-order chi connectivity index (χ1) is 11.9. The summed E-state index contributed by atoms with van der Waals surface area (Å²) >= 11 is 5.92. The van der Waals surface area contributed by atoms with E-state index >= 15 is 0 Å². The maximum atomic E-state index is 12.6. The second-order valence-corrected chi connectivity index (χ2v) is 7.26. The lowest BCUT2D eigenvalue weighted by atomic mass is 9.94. The van der Waals surface area contributed by atoms with E-state index in [1.807, 2.05) is 30.9 Å². The van der Waals surface area contributed by atoms with Crippen LogP contribution in [0.4, 0.5) is 0 Å². The van der Waals surface area contributed by atoms with E-state index in [1.165, 1.54) is 0 Å². The van der Waals surface area contributed by atoms with Gasteiger partial charge >= 0.3 is 0 Å². The Kier molecular flexibility index (Phi) is 7.12. The molecule has 25 heavy (non-hydrogen) atoms. The number of carbonyl (C=O) groups excluding carboxylic acids is 2. The fourth-order valence-electron chi connectivity index (χ4n) is 2.99. The zero-order chi connectivity index (χ0) is 18.4. The lowest BCUT2D eigenvalue weighted by Gasteiger charge is -2.34. The minimum absolute atomic E-state index is 0.00705. The van der Waals surface area contributed by atoms with Gasteiger partial charge in [-0.25, -0.2) is 0 Å². The molecule has 0 N–H and O–H groups in total. The number of likely N-dealkylation sites (N-methyl/N-ethyl adjacent to an activating group) is 1. The van der Waals surface area contributed by atoms with Crippen LogP contribution < -0.4 is 4.74 Å². The van der Waals surface area contributed by atoms with Crippen molar-refractivity contribution in [2.75, 3.05) is 33.3 Å². The van der Waals surface area contributed by atoms with Crippen LogP contribution in [0.15, 0.2) is 24.3 Å². The average Bonchev–Trinajstić information content (AvgIpc) is 2.60. The van der Waals surface area contributed by atoms with Gasteiger partial charge in [-0.2, -0.15) is 0 Å². The number of hydrogen-bond donors (Lipinski definition) is 0. The predicted octanol–water partition coefficient (Wildman–Crippen LogP) is 3.07. The average molecular weight is 367 g/mol. The maximum absolute atomic E-state index is 12.6. The van der Waals surface area contributed by atoms with Gasteiger partial charge in [-0.1, -0.05) is 31.5 Å². The Bertz CT molecular complexity index is 598. The first-order valence-electron chi connectivity index (χ1n) is 8.80. The molecule has 0 atom stereocenters. The molecule has 0 radical (unpaired) electrons. The first kappa shape index (κ1) is 19.6. The lowest BCUT2D eigenvalue weighted by Crippen LogP contribution is -2.45. The monoisotopic (exact) mass is 366 g/mol. The summed E-state index contributed by atoms with van der Waals surface area (Å²) < 4.78 is 5.64. The summed E-state index contributed by atoms with van der Waals surface area (Å²) in [7, 11) is 1.80. The van der Waals surface area contributed by atoms with E-state index in [-0.39, 0.29) is 23.7 Å². The highest BCUT2D eigenvalue weighted by molar-refractivity contribution is 6.30. The molecule has 2 rings (SSSR count). The van der Waals surface area contributed by atoms with Gasteiger partial charge in [0.25, 0.3) is 0 Å².